The molecule has 1 saturated heterocycles. The zero-order valence-electron chi connectivity index (χ0n) is 5.22. The molecule has 0 radical (unpaired) electrons. The summed E-state index contributed by atoms with van der Waals surface area (Å²) in [4.78, 5) is 0. The van der Waals surface area contributed by atoms with Gasteiger partial charge in [-0.3, -0.25) is 0 Å². The minimum Gasteiger partial charge on any atom is -0.356 e. The first kappa shape index (κ1) is 5.65. The van der Waals surface area contributed by atoms with Gasteiger partial charge in [0, 0.05) is 0 Å². The van der Waals surface area contributed by atoms with Crippen LogP contribution in [-0.2, 0) is 4.74 Å². The van der Waals surface area contributed by atoms with Gasteiger partial charge in [0.2, 0.25) is 0 Å². The third-order valence-corrected chi connectivity index (χ3v) is 1.35. The summed E-state index contributed by atoms with van der Waals surface area (Å²) in [7, 11) is 0. The van der Waals surface area contributed by atoms with Crippen LogP contribution in [0.25, 0.3) is 0 Å². The minimum absolute atomic E-state index is 0.120. The number of terminal acetylenes is 1. The van der Waals surface area contributed by atoms with Gasteiger partial charge in [0.05, 0.1) is 6.10 Å². The monoisotopic (exact) mass is 110 g/mol. The van der Waals surface area contributed by atoms with Crippen molar-refractivity contribution in [1.82, 2.24) is 0 Å². The molecule has 0 spiro atoms. The molecule has 0 aromatic carbocycles. The van der Waals surface area contributed by atoms with Crippen molar-refractivity contribution in [3.05, 3.63) is 0 Å². The zero-order chi connectivity index (χ0) is 6.15. The van der Waals surface area contributed by atoms with E-state index in [0.717, 1.165) is 0 Å². The zero-order valence-corrected chi connectivity index (χ0v) is 5.22. The van der Waals surface area contributed by atoms with Crippen LogP contribution in [0.4, 0.5) is 0 Å². The van der Waals surface area contributed by atoms with E-state index in [1.54, 1.807) is 0 Å². The molecular weight excluding hydrogens is 100 g/mol. The van der Waals surface area contributed by atoms with Gasteiger partial charge in [-0.15, -0.1) is 6.42 Å². The minimum atomic E-state index is 0.120. The molecule has 1 aliphatic rings. The first-order valence-corrected chi connectivity index (χ1v) is 2.87. The Morgan fingerprint density at radius 3 is 2.38 bits per heavy atom. The lowest BCUT2D eigenvalue weighted by Crippen LogP contribution is -1.99. The molecule has 0 amide bonds. The predicted octanol–water partition coefficient (Wildman–Crippen LogP) is 1.04. The van der Waals surface area contributed by atoms with E-state index in [1.807, 2.05) is 0 Å². The Bertz CT molecular complexity index is 121. The van der Waals surface area contributed by atoms with Crippen LogP contribution in [0, 0.1) is 18.3 Å². The molecule has 0 aliphatic carbocycles. The summed E-state index contributed by atoms with van der Waals surface area (Å²) in [6.45, 7) is 4.23. The van der Waals surface area contributed by atoms with E-state index in [2.05, 4.69) is 19.8 Å². The molecule has 0 aromatic heterocycles. The fourth-order valence-corrected chi connectivity index (χ4v) is 0.765. The van der Waals surface area contributed by atoms with E-state index >= 15 is 0 Å². The second kappa shape index (κ2) is 1.80. The van der Waals surface area contributed by atoms with Crippen molar-refractivity contribution < 1.29 is 4.74 Å². The summed E-state index contributed by atoms with van der Waals surface area (Å²) in [6, 6.07) is 0. The highest BCUT2D eigenvalue weighted by molar-refractivity contribution is 5.08. The highest BCUT2D eigenvalue weighted by Crippen LogP contribution is 2.27. The van der Waals surface area contributed by atoms with Gasteiger partial charge in [0.15, 0.2) is 0 Å². The van der Waals surface area contributed by atoms with Crippen LogP contribution in [0.15, 0.2) is 0 Å². The van der Waals surface area contributed by atoms with Gasteiger partial charge in [-0.2, -0.15) is 0 Å². The van der Waals surface area contributed by atoms with E-state index in [1.165, 1.54) is 0 Å². The van der Waals surface area contributed by atoms with Gasteiger partial charge in [-0.1, -0.05) is 19.8 Å². The van der Waals surface area contributed by atoms with E-state index in [0.29, 0.717) is 12.0 Å². The van der Waals surface area contributed by atoms with Gasteiger partial charge in [0.25, 0.3) is 0 Å². The molecule has 8 heavy (non-hydrogen) atoms. The Labute approximate surface area is 50.0 Å². The largest absolute Gasteiger partial charge is 0.356 e. The predicted molar refractivity (Wildman–Crippen MR) is 32.3 cm³/mol. The Balaban J connectivity index is 2.29. The van der Waals surface area contributed by atoms with Gasteiger partial charge in [-0.25, -0.2) is 0 Å². The second-order valence-electron chi connectivity index (χ2n) is 2.43. The lowest BCUT2D eigenvalue weighted by molar-refractivity contribution is 0.347. The highest BCUT2D eigenvalue weighted by Gasteiger charge is 2.39. The first-order chi connectivity index (χ1) is 3.75. The lowest BCUT2D eigenvalue weighted by Gasteiger charge is -1.92. The second-order valence-corrected chi connectivity index (χ2v) is 2.43. The van der Waals surface area contributed by atoms with Gasteiger partial charge >= 0.3 is 0 Å². The van der Waals surface area contributed by atoms with Gasteiger partial charge in [0.1, 0.15) is 6.10 Å². The Hall–Kier alpha value is -0.480. The fraction of sp³-hybridized carbons (Fsp3) is 0.714. The van der Waals surface area contributed by atoms with Crippen molar-refractivity contribution in [3.63, 3.8) is 0 Å². The van der Waals surface area contributed by atoms with Crippen molar-refractivity contribution in [1.29, 1.82) is 0 Å². The lowest BCUT2D eigenvalue weighted by atomic mass is 10.1. The molecule has 2 atom stereocenters. The van der Waals surface area contributed by atoms with E-state index in [-0.39, 0.29) is 6.10 Å². The van der Waals surface area contributed by atoms with Crippen LogP contribution in [0.1, 0.15) is 13.8 Å². The fourth-order valence-electron chi connectivity index (χ4n) is 0.765. The molecule has 0 unspecified atom stereocenters. The molecule has 0 aromatic rings. The SMILES string of the molecule is C#C[C@@H]1O[C@@H]1C(C)C. The Morgan fingerprint density at radius 1 is 1.62 bits per heavy atom. The van der Waals surface area contributed by atoms with Crippen LogP contribution >= 0.6 is 0 Å². The van der Waals surface area contributed by atoms with Crippen LogP contribution in [-0.4, -0.2) is 12.2 Å². The highest BCUT2D eigenvalue weighted by atomic mass is 16.6. The average molecular weight is 110 g/mol. The van der Waals surface area contributed by atoms with Crippen molar-refractivity contribution >= 4 is 0 Å². The molecule has 1 aliphatic heterocycles. The quantitative estimate of drug-likeness (QED) is 0.363. The van der Waals surface area contributed by atoms with Crippen molar-refractivity contribution in [2.75, 3.05) is 0 Å². The summed E-state index contributed by atoms with van der Waals surface area (Å²) in [5.41, 5.74) is 0. The standard InChI is InChI=1S/C7H10O/c1-4-6-7(8-6)5(2)3/h1,5-7H,2-3H3/t6-,7+/m0/s1. The molecule has 1 heteroatoms. The van der Waals surface area contributed by atoms with Crippen LogP contribution in [0.3, 0.4) is 0 Å². The molecule has 1 rings (SSSR count). The summed E-state index contributed by atoms with van der Waals surface area (Å²) >= 11 is 0. The van der Waals surface area contributed by atoms with E-state index < -0.39 is 0 Å². The summed E-state index contributed by atoms with van der Waals surface area (Å²) in [5.74, 6) is 3.13. The van der Waals surface area contributed by atoms with Crippen molar-refractivity contribution in [3.8, 4) is 12.3 Å². The van der Waals surface area contributed by atoms with Crippen LogP contribution in [0.5, 0.6) is 0 Å². The molecule has 44 valence electrons. The number of hydrogen-bond donors (Lipinski definition) is 0. The number of hydrogen-bond acceptors (Lipinski definition) is 1. The maximum Gasteiger partial charge on any atom is 0.144 e. The third kappa shape index (κ3) is 0.850. The molecule has 1 heterocycles. The number of ether oxygens (including phenoxy) is 1. The summed E-state index contributed by atoms with van der Waals surface area (Å²) in [6.07, 6.45) is 5.55. The molecule has 0 N–H and O–H groups in total. The van der Waals surface area contributed by atoms with Gasteiger partial charge in [-0.05, 0) is 5.92 Å². The summed E-state index contributed by atoms with van der Waals surface area (Å²) in [5, 5.41) is 0. The van der Waals surface area contributed by atoms with Crippen molar-refractivity contribution in [2.45, 2.75) is 26.1 Å². The number of rotatable bonds is 1. The molecule has 1 fully saturated rings. The Morgan fingerprint density at radius 2 is 2.25 bits per heavy atom. The first-order valence-electron chi connectivity index (χ1n) is 2.87. The molecule has 0 bridgehead atoms. The normalized spacial score (nSPS) is 34.8. The number of epoxide rings is 1. The Kier molecular flexibility index (Phi) is 1.27. The maximum atomic E-state index is 5.09. The summed E-state index contributed by atoms with van der Waals surface area (Å²) < 4.78 is 5.09. The van der Waals surface area contributed by atoms with Crippen LogP contribution < -0.4 is 0 Å². The smallest absolute Gasteiger partial charge is 0.144 e. The van der Waals surface area contributed by atoms with Crippen molar-refractivity contribution in [2.24, 2.45) is 5.92 Å². The topological polar surface area (TPSA) is 12.5 Å². The molecule has 1 nitrogen and oxygen atoms in total. The molecular formula is C7H10O. The third-order valence-electron chi connectivity index (χ3n) is 1.35. The average Bonchev–Trinajstić information content (AvgIpc) is 2.42. The maximum absolute atomic E-state index is 5.09. The van der Waals surface area contributed by atoms with E-state index in [9.17, 15) is 0 Å². The van der Waals surface area contributed by atoms with Gasteiger partial charge < -0.3 is 4.74 Å². The van der Waals surface area contributed by atoms with E-state index in [4.69, 9.17) is 11.2 Å². The molecule has 0 saturated carbocycles. The van der Waals surface area contributed by atoms with Crippen LogP contribution in [0.2, 0.25) is 0 Å².